The molecule has 0 bridgehead atoms. The molecule has 0 amide bonds. The van der Waals surface area contributed by atoms with E-state index in [1.807, 2.05) is 0 Å². The van der Waals surface area contributed by atoms with Gasteiger partial charge in [0, 0.05) is 16.7 Å². The van der Waals surface area contributed by atoms with Gasteiger partial charge in [-0.2, -0.15) is 0 Å². The molecule has 2 aromatic rings. The third-order valence-electron chi connectivity index (χ3n) is 3.56. The van der Waals surface area contributed by atoms with Gasteiger partial charge in [-0.3, -0.25) is 0 Å². The van der Waals surface area contributed by atoms with Crippen LogP contribution in [0.1, 0.15) is 36.5 Å². The summed E-state index contributed by atoms with van der Waals surface area (Å²) >= 11 is 6.32. The molecule has 16 heavy (non-hydrogen) atoms. The van der Waals surface area contributed by atoms with Crippen LogP contribution in [0.4, 0.5) is 0 Å². The molecule has 2 heteroatoms. The van der Waals surface area contributed by atoms with Crippen molar-refractivity contribution in [2.24, 2.45) is 0 Å². The van der Waals surface area contributed by atoms with Gasteiger partial charge in [0.15, 0.2) is 0 Å². The summed E-state index contributed by atoms with van der Waals surface area (Å²) in [5.41, 5.74) is 2.22. The molecule has 2 atom stereocenters. The van der Waals surface area contributed by atoms with Crippen molar-refractivity contribution >= 4 is 22.6 Å². The molecular weight excluding hydrogens is 220 g/mol. The number of alkyl halides is 1. The lowest BCUT2D eigenvalue weighted by molar-refractivity contribution is 0.495. The van der Waals surface area contributed by atoms with Gasteiger partial charge in [-0.05, 0) is 31.4 Å². The molecule has 1 fully saturated rings. The second-order valence-corrected chi connectivity index (χ2v) is 5.26. The molecule has 0 aliphatic heterocycles. The number of hydrogen-bond acceptors (Lipinski definition) is 1. The minimum absolute atomic E-state index is 0.251. The normalized spacial score (nSPS) is 25.4. The van der Waals surface area contributed by atoms with Crippen LogP contribution in [0.25, 0.3) is 11.0 Å². The summed E-state index contributed by atoms with van der Waals surface area (Å²) in [6.07, 6.45) is 3.49. The standard InChI is InChI=1S/C14H15ClO/c1-9-4-2-5-10-8-13(16-14(9)10)11-6-3-7-12(11)15/h2,4-5,8,11-12H,3,6-7H2,1H3. The smallest absolute Gasteiger partial charge is 0.137 e. The lowest BCUT2D eigenvalue weighted by Crippen LogP contribution is -2.03. The lowest BCUT2D eigenvalue weighted by atomic mass is 10.0. The average molecular weight is 235 g/mol. The maximum absolute atomic E-state index is 6.32. The number of benzene rings is 1. The number of para-hydroxylation sites is 1. The van der Waals surface area contributed by atoms with E-state index >= 15 is 0 Å². The van der Waals surface area contributed by atoms with Crippen molar-refractivity contribution in [2.45, 2.75) is 37.5 Å². The van der Waals surface area contributed by atoms with Gasteiger partial charge in [0.1, 0.15) is 11.3 Å². The van der Waals surface area contributed by atoms with Crippen LogP contribution in [0.15, 0.2) is 28.7 Å². The number of rotatable bonds is 1. The Balaban J connectivity index is 2.08. The highest BCUT2D eigenvalue weighted by Gasteiger charge is 2.29. The maximum atomic E-state index is 6.32. The van der Waals surface area contributed by atoms with Gasteiger partial charge in [-0.15, -0.1) is 11.6 Å². The fraction of sp³-hybridized carbons (Fsp3) is 0.429. The van der Waals surface area contributed by atoms with Crippen molar-refractivity contribution in [3.8, 4) is 0 Å². The molecule has 2 unspecified atom stereocenters. The van der Waals surface area contributed by atoms with Gasteiger partial charge in [0.2, 0.25) is 0 Å². The zero-order chi connectivity index (χ0) is 11.1. The number of furan rings is 1. The van der Waals surface area contributed by atoms with Crippen LogP contribution >= 0.6 is 11.6 Å². The summed E-state index contributed by atoms with van der Waals surface area (Å²) in [7, 11) is 0. The van der Waals surface area contributed by atoms with Gasteiger partial charge >= 0.3 is 0 Å². The third-order valence-corrected chi connectivity index (χ3v) is 4.08. The van der Waals surface area contributed by atoms with Crippen LogP contribution in [0.5, 0.6) is 0 Å². The highest BCUT2D eigenvalue weighted by atomic mass is 35.5. The van der Waals surface area contributed by atoms with Crippen molar-refractivity contribution in [2.75, 3.05) is 0 Å². The summed E-state index contributed by atoms with van der Waals surface area (Å²) in [6.45, 7) is 2.09. The minimum atomic E-state index is 0.251. The molecule has 1 aliphatic rings. The van der Waals surface area contributed by atoms with Crippen molar-refractivity contribution in [3.05, 3.63) is 35.6 Å². The third kappa shape index (κ3) is 1.54. The zero-order valence-corrected chi connectivity index (χ0v) is 10.1. The van der Waals surface area contributed by atoms with Crippen molar-refractivity contribution in [3.63, 3.8) is 0 Å². The molecule has 1 aliphatic carbocycles. The lowest BCUT2D eigenvalue weighted by Gasteiger charge is -2.09. The Morgan fingerprint density at radius 2 is 2.19 bits per heavy atom. The summed E-state index contributed by atoms with van der Waals surface area (Å²) < 4.78 is 5.97. The first-order chi connectivity index (χ1) is 7.75. The van der Waals surface area contributed by atoms with Crippen LogP contribution in [0.3, 0.4) is 0 Å². The molecule has 1 aromatic heterocycles. The Morgan fingerprint density at radius 3 is 2.88 bits per heavy atom. The Morgan fingerprint density at radius 1 is 1.31 bits per heavy atom. The van der Waals surface area contributed by atoms with Gasteiger partial charge in [0.05, 0.1) is 0 Å². The fourth-order valence-electron chi connectivity index (χ4n) is 2.65. The first kappa shape index (κ1) is 10.2. The SMILES string of the molecule is Cc1cccc2cc(C3CCCC3Cl)oc12. The maximum Gasteiger partial charge on any atom is 0.137 e. The molecule has 0 saturated heterocycles. The minimum Gasteiger partial charge on any atom is -0.460 e. The molecule has 0 radical (unpaired) electrons. The monoisotopic (exact) mass is 234 g/mol. The Hall–Kier alpha value is -0.950. The van der Waals surface area contributed by atoms with Crippen LogP contribution < -0.4 is 0 Å². The topological polar surface area (TPSA) is 13.1 Å². The number of hydrogen-bond donors (Lipinski definition) is 0. The zero-order valence-electron chi connectivity index (χ0n) is 9.37. The molecule has 0 N–H and O–H groups in total. The molecule has 1 saturated carbocycles. The average Bonchev–Trinajstić information content (AvgIpc) is 2.84. The van der Waals surface area contributed by atoms with Gasteiger partial charge in [0.25, 0.3) is 0 Å². The van der Waals surface area contributed by atoms with Crippen LogP contribution in [0.2, 0.25) is 0 Å². The van der Waals surface area contributed by atoms with Gasteiger partial charge in [-0.25, -0.2) is 0 Å². The molecule has 0 spiro atoms. The summed E-state index contributed by atoms with van der Waals surface area (Å²) in [5.74, 6) is 1.48. The Kier molecular flexibility index (Phi) is 2.44. The van der Waals surface area contributed by atoms with Crippen molar-refractivity contribution in [1.29, 1.82) is 0 Å². The van der Waals surface area contributed by atoms with E-state index in [0.717, 1.165) is 24.2 Å². The van der Waals surface area contributed by atoms with Gasteiger partial charge in [-0.1, -0.05) is 24.6 Å². The van der Waals surface area contributed by atoms with Crippen molar-refractivity contribution in [1.82, 2.24) is 0 Å². The quantitative estimate of drug-likeness (QED) is 0.657. The molecule has 1 nitrogen and oxygen atoms in total. The second kappa shape index (κ2) is 3.81. The molecular formula is C14H15ClO. The fourth-order valence-corrected chi connectivity index (χ4v) is 3.05. The second-order valence-electron chi connectivity index (χ2n) is 4.70. The first-order valence-electron chi connectivity index (χ1n) is 5.89. The predicted octanol–water partition coefficient (Wildman–Crippen LogP) is 4.62. The summed E-state index contributed by atoms with van der Waals surface area (Å²) in [5, 5.41) is 1.45. The predicted molar refractivity (Wildman–Crippen MR) is 67.2 cm³/mol. The molecule has 1 aromatic carbocycles. The summed E-state index contributed by atoms with van der Waals surface area (Å²) in [4.78, 5) is 0. The highest BCUT2D eigenvalue weighted by molar-refractivity contribution is 6.21. The van der Waals surface area contributed by atoms with Gasteiger partial charge < -0.3 is 4.42 Å². The van der Waals surface area contributed by atoms with Crippen LogP contribution in [-0.4, -0.2) is 5.38 Å². The molecule has 84 valence electrons. The largest absolute Gasteiger partial charge is 0.460 e. The van der Waals surface area contributed by atoms with E-state index in [0.29, 0.717) is 5.92 Å². The van der Waals surface area contributed by atoms with Crippen LogP contribution in [-0.2, 0) is 0 Å². The van der Waals surface area contributed by atoms with E-state index in [2.05, 4.69) is 31.2 Å². The Bertz CT molecular complexity index is 514. The van der Waals surface area contributed by atoms with E-state index in [1.54, 1.807) is 0 Å². The Labute approximate surface area is 100 Å². The number of aryl methyl sites for hydroxylation is 1. The molecule has 3 rings (SSSR count). The van der Waals surface area contributed by atoms with E-state index in [4.69, 9.17) is 16.0 Å². The van der Waals surface area contributed by atoms with Crippen LogP contribution in [0, 0.1) is 6.92 Å². The van der Waals surface area contributed by atoms with E-state index in [1.165, 1.54) is 17.4 Å². The van der Waals surface area contributed by atoms with Crippen molar-refractivity contribution < 1.29 is 4.42 Å². The van der Waals surface area contributed by atoms with E-state index < -0.39 is 0 Å². The number of halogens is 1. The number of fused-ring (bicyclic) bond motifs is 1. The summed E-state index contributed by atoms with van der Waals surface area (Å²) in [6, 6.07) is 8.42. The van der Waals surface area contributed by atoms with E-state index in [9.17, 15) is 0 Å². The first-order valence-corrected chi connectivity index (χ1v) is 6.32. The van der Waals surface area contributed by atoms with E-state index in [-0.39, 0.29) is 5.38 Å². The molecule has 1 heterocycles. The highest BCUT2D eigenvalue weighted by Crippen LogP contribution is 2.40.